The van der Waals surface area contributed by atoms with Gasteiger partial charge in [-0.25, -0.2) is 0 Å². The minimum absolute atomic E-state index is 0.114. The summed E-state index contributed by atoms with van der Waals surface area (Å²) < 4.78 is 0. The van der Waals surface area contributed by atoms with E-state index in [0.717, 1.165) is 11.3 Å². The van der Waals surface area contributed by atoms with Gasteiger partial charge in [0, 0.05) is 12.7 Å². The number of anilines is 1. The number of nitrogens with one attached hydrogen (secondary N) is 1. The Kier molecular flexibility index (Phi) is 4.98. The first-order valence-corrected chi connectivity index (χ1v) is 7.71. The fourth-order valence-corrected chi connectivity index (χ4v) is 2.77. The predicted molar refractivity (Wildman–Crippen MR) is 86.6 cm³/mol. The topological polar surface area (TPSA) is 52.6 Å². The summed E-state index contributed by atoms with van der Waals surface area (Å²) in [5.41, 5.74) is 0.766. The van der Waals surface area contributed by atoms with Gasteiger partial charge in [0.1, 0.15) is 5.60 Å². The number of hydrogen-bond donors (Lipinski definition) is 2. The fourth-order valence-electron chi connectivity index (χ4n) is 1.99. The van der Waals surface area contributed by atoms with E-state index < -0.39 is 5.60 Å². The van der Waals surface area contributed by atoms with E-state index in [-0.39, 0.29) is 19.0 Å². The standard InChI is InChI=1S/C16H20N2O2S/c1-16(20,13-8-9-21-11-13)12-17-15(19)10-18(2)14-6-4-3-5-7-14/h3-9,11,20H,10,12H2,1-2H3,(H,17,19). The minimum Gasteiger partial charge on any atom is -0.384 e. The molecule has 0 saturated carbocycles. The molecule has 1 heterocycles. The van der Waals surface area contributed by atoms with Crippen LogP contribution in [0.2, 0.25) is 0 Å². The molecule has 0 aliphatic rings. The third kappa shape index (κ3) is 4.31. The Labute approximate surface area is 129 Å². The summed E-state index contributed by atoms with van der Waals surface area (Å²) in [5.74, 6) is -0.114. The quantitative estimate of drug-likeness (QED) is 0.860. The zero-order valence-electron chi connectivity index (χ0n) is 12.2. The average Bonchev–Trinajstić information content (AvgIpc) is 3.01. The van der Waals surface area contributed by atoms with E-state index in [9.17, 15) is 9.90 Å². The molecule has 0 saturated heterocycles. The summed E-state index contributed by atoms with van der Waals surface area (Å²) in [7, 11) is 1.87. The van der Waals surface area contributed by atoms with Crippen molar-refractivity contribution in [3.05, 3.63) is 52.7 Å². The third-order valence-corrected chi connectivity index (χ3v) is 4.03. The highest BCUT2D eigenvalue weighted by Gasteiger charge is 2.24. The van der Waals surface area contributed by atoms with Crippen molar-refractivity contribution in [3.63, 3.8) is 0 Å². The fraction of sp³-hybridized carbons (Fsp3) is 0.312. The van der Waals surface area contributed by atoms with E-state index in [1.54, 1.807) is 6.92 Å². The molecule has 1 aromatic carbocycles. The molecule has 0 spiro atoms. The van der Waals surface area contributed by atoms with Crippen molar-refractivity contribution in [2.24, 2.45) is 0 Å². The zero-order valence-corrected chi connectivity index (χ0v) is 13.1. The first kappa shape index (κ1) is 15.5. The number of benzene rings is 1. The average molecular weight is 304 g/mol. The number of hydrogen-bond acceptors (Lipinski definition) is 4. The number of carbonyl (C=O) groups is 1. The summed E-state index contributed by atoms with van der Waals surface area (Å²) in [6, 6.07) is 11.6. The first-order chi connectivity index (χ1) is 9.99. The van der Waals surface area contributed by atoms with Gasteiger partial charge < -0.3 is 15.3 Å². The largest absolute Gasteiger partial charge is 0.384 e. The van der Waals surface area contributed by atoms with Gasteiger partial charge in [-0.15, -0.1) is 0 Å². The monoisotopic (exact) mass is 304 g/mol. The Morgan fingerprint density at radius 3 is 2.67 bits per heavy atom. The molecule has 0 radical (unpaired) electrons. The van der Waals surface area contributed by atoms with Crippen molar-refractivity contribution in [2.75, 3.05) is 25.0 Å². The Hall–Kier alpha value is -1.85. The third-order valence-electron chi connectivity index (χ3n) is 3.35. The molecule has 1 atom stereocenters. The van der Waals surface area contributed by atoms with Crippen molar-refractivity contribution in [3.8, 4) is 0 Å². The van der Waals surface area contributed by atoms with Crippen LogP contribution in [0.3, 0.4) is 0 Å². The highest BCUT2D eigenvalue weighted by molar-refractivity contribution is 7.08. The highest BCUT2D eigenvalue weighted by atomic mass is 32.1. The van der Waals surface area contributed by atoms with Crippen LogP contribution in [-0.2, 0) is 10.4 Å². The van der Waals surface area contributed by atoms with Crippen LogP contribution in [0.1, 0.15) is 12.5 Å². The molecule has 1 amide bonds. The second-order valence-corrected chi connectivity index (χ2v) is 6.03. The normalized spacial score (nSPS) is 13.5. The number of thiophene rings is 1. The predicted octanol–water partition coefficient (Wildman–Crippen LogP) is 2.21. The maximum absolute atomic E-state index is 12.0. The Morgan fingerprint density at radius 1 is 1.33 bits per heavy atom. The van der Waals surface area contributed by atoms with E-state index in [2.05, 4.69) is 5.32 Å². The molecule has 1 unspecified atom stereocenters. The summed E-state index contributed by atoms with van der Waals surface area (Å²) in [6.07, 6.45) is 0. The summed E-state index contributed by atoms with van der Waals surface area (Å²) in [6.45, 7) is 2.16. The van der Waals surface area contributed by atoms with Gasteiger partial charge in [0.25, 0.3) is 0 Å². The Balaban J connectivity index is 1.85. The van der Waals surface area contributed by atoms with E-state index in [1.165, 1.54) is 11.3 Å². The minimum atomic E-state index is -1.04. The molecule has 2 aromatic rings. The highest BCUT2D eigenvalue weighted by Crippen LogP contribution is 2.22. The summed E-state index contributed by atoms with van der Waals surface area (Å²) in [5, 5.41) is 16.9. The van der Waals surface area contributed by atoms with Crippen LogP contribution in [0, 0.1) is 0 Å². The Bertz CT molecular complexity index is 567. The number of para-hydroxylation sites is 1. The van der Waals surface area contributed by atoms with Crippen LogP contribution < -0.4 is 10.2 Å². The van der Waals surface area contributed by atoms with Crippen molar-refractivity contribution in [1.82, 2.24) is 5.32 Å². The number of carbonyl (C=O) groups excluding carboxylic acids is 1. The van der Waals surface area contributed by atoms with Gasteiger partial charge in [-0.2, -0.15) is 11.3 Å². The van der Waals surface area contributed by atoms with E-state index in [0.29, 0.717) is 0 Å². The second kappa shape index (κ2) is 6.74. The van der Waals surface area contributed by atoms with Crippen molar-refractivity contribution < 1.29 is 9.90 Å². The van der Waals surface area contributed by atoms with Gasteiger partial charge >= 0.3 is 0 Å². The van der Waals surface area contributed by atoms with Crippen molar-refractivity contribution in [2.45, 2.75) is 12.5 Å². The smallest absolute Gasteiger partial charge is 0.239 e. The van der Waals surface area contributed by atoms with E-state index >= 15 is 0 Å². The number of amides is 1. The van der Waals surface area contributed by atoms with E-state index in [1.807, 2.05) is 59.1 Å². The van der Waals surface area contributed by atoms with Gasteiger partial charge in [0.15, 0.2) is 0 Å². The van der Waals surface area contributed by atoms with Crippen LogP contribution in [0.25, 0.3) is 0 Å². The lowest BCUT2D eigenvalue weighted by Gasteiger charge is -2.24. The molecular formula is C16H20N2O2S. The number of aliphatic hydroxyl groups is 1. The van der Waals surface area contributed by atoms with Crippen molar-refractivity contribution >= 4 is 22.9 Å². The summed E-state index contributed by atoms with van der Waals surface area (Å²) in [4.78, 5) is 13.9. The molecule has 2 N–H and O–H groups in total. The van der Waals surface area contributed by atoms with Gasteiger partial charge in [-0.05, 0) is 41.4 Å². The van der Waals surface area contributed by atoms with Gasteiger partial charge in [-0.1, -0.05) is 18.2 Å². The number of nitrogens with zero attached hydrogens (tertiary/aromatic N) is 1. The number of rotatable bonds is 6. The molecule has 0 fully saturated rings. The second-order valence-electron chi connectivity index (χ2n) is 5.25. The van der Waals surface area contributed by atoms with Crippen LogP contribution in [0.4, 0.5) is 5.69 Å². The van der Waals surface area contributed by atoms with Crippen LogP contribution in [0.5, 0.6) is 0 Å². The lowest BCUT2D eigenvalue weighted by molar-refractivity contribution is -0.120. The maximum atomic E-state index is 12.0. The molecule has 0 bridgehead atoms. The van der Waals surface area contributed by atoms with Gasteiger partial charge in [-0.3, -0.25) is 4.79 Å². The lowest BCUT2D eigenvalue weighted by atomic mass is 9.99. The van der Waals surface area contributed by atoms with Crippen LogP contribution in [0.15, 0.2) is 47.2 Å². The maximum Gasteiger partial charge on any atom is 0.239 e. The molecule has 112 valence electrons. The van der Waals surface area contributed by atoms with Crippen molar-refractivity contribution in [1.29, 1.82) is 0 Å². The van der Waals surface area contributed by atoms with E-state index in [4.69, 9.17) is 0 Å². The SMILES string of the molecule is CN(CC(=O)NCC(C)(O)c1ccsc1)c1ccccc1. The molecule has 1 aromatic heterocycles. The first-order valence-electron chi connectivity index (χ1n) is 6.77. The molecule has 21 heavy (non-hydrogen) atoms. The zero-order chi connectivity index (χ0) is 15.3. The summed E-state index contributed by atoms with van der Waals surface area (Å²) >= 11 is 1.53. The Morgan fingerprint density at radius 2 is 2.05 bits per heavy atom. The molecule has 0 aliphatic carbocycles. The molecule has 5 heteroatoms. The lowest BCUT2D eigenvalue weighted by Crippen LogP contribution is -2.42. The molecule has 0 aliphatic heterocycles. The molecule has 2 rings (SSSR count). The van der Waals surface area contributed by atoms with Gasteiger partial charge in [0.2, 0.25) is 5.91 Å². The van der Waals surface area contributed by atoms with Crippen LogP contribution >= 0.6 is 11.3 Å². The molecule has 4 nitrogen and oxygen atoms in total. The van der Waals surface area contributed by atoms with Gasteiger partial charge in [0.05, 0.1) is 13.1 Å². The number of likely N-dealkylation sites (N-methyl/N-ethyl adjacent to an activating group) is 1. The van der Waals surface area contributed by atoms with Crippen LogP contribution in [-0.4, -0.2) is 31.2 Å². The molecular weight excluding hydrogens is 284 g/mol.